The van der Waals surface area contributed by atoms with E-state index in [4.69, 9.17) is 5.11 Å². The average molecular weight is 293 g/mol. The summed E-state index contributed by atoms with van der Waals surface area (Å²) in [6.07, 6.45) is 2.91. The number of rotatable bonds is 6. The third-order valence-electron chi connectivity index (χ3n) is 3.49. The molecule has 1 atom stereocenters. The number of carboxylic acid groups (broad SMARTS) is 1. The molecule has 0 aliphatic heterocycles. The van der Waals surface area contributed by atoms with Crippen LogP contribution in [0, 0.1) is 6.92 Å². The van der Waals surface area contributed by atoms with Crippen LogP contribution >= 0.6 is 0 Å². The van der Waals surface area contributed by atoms with Crippen molar-refractivity contribution in [1.29, 1.82) is 0 Å². The first kappa shape index (κ1) is 15.2. The highest BCUT2D eigenvalue weighted by Gasteiger charge is 2.29. The first-order chi connectivity index (χ1) is 9.93. The third-order valence-corrected chi connectivity index (χ3v) is 3.49. The summed E-state index contributed by atoms with van der Waals surface area (Å²) < 4.78 is 0. The van der Waals surface area contributed by atoms with Gasteiger partial charge in [0.2, 0.25) is 0 Å². The van der Waals surface area contributed by atoms with Crippen LogP contribution in [0.3, 0.4) is 0 Å². The molecule has 1 aromatic heterocycles. The van der Waals surface area contributed by atoms with Gasteiger partial charge in [0, 0.05) is 5.92 Å². The minimum atomic E-state index is -1.11. The van der Waals surface area contributed by atoms with Crippen molar-refractivity contribution in [2.24, 2.45) is 0 Å². The Balaban J connectivity index is 2.22. The van der Waals surface area contributed by atoms with Gasteiger partial charge in [0.25, 0.3) is 11.5 Å². The lowest BCUT2D eigenvalue weighted by Crippen LogP contribution is -2.43. The molecule has 0 aromatic carbocycles. The quantitative estimate of drug-likeness (QED) is 0.722. The first-order valence-electron chi connectivity index (χ1n) is 7.08. The van der Waals surface area contributed by atoms with Gasteiger partial charge in [-0.1, -0.05) is 13.3 Å². The number of aromatic amines is 1. The van der Waals surface area contributed by atoms with Crippen LogP contribution in [0.4, 0.5) is 0 Å². The van der Waals surface area contributed by atoms with Crippen molar-refractivity contribution in [2.75, 3.05) is 0 Å². The molecule has 7 nitrogen and oxygen atoms in total. The topological polar surface area (TPSA) is 112 Å². The molecule has 1 aliphatic carbocycles. The number of carboxylic acids is 1. The maximum atomic E-state index is 12.1. The zero-order valence-electron chi connectivity index (χ0n) is 12.1. The Morgan fingerprint density at radius 3 is 2.62 bits per heavy atom. The number of hydrogen-bond acceptors (Lipinski definition) is 4. The fourth-order valence-corrected chi connectivity index (χ4v) is 2.20. The number of amides is 1. The molecule has 7 heteroatoms. The van der Waals surface area contributed by atoms with Crippen molar-refractivity contribution in [3.05, 3.63) is 27.4 Å². The monoisotopic (exact) mass is 293 g/mol. The smallest absolute Gasteiger partial charge is 0.326 e. The Kier molecular flexibility index (Phi) is 4.40. The SMILES string of the molecule is CCC[C@H](NC(=O)c1c(C)nc(C2CC2)[nH]c1=O)C(=O)O. The zero-order chi connectivity index (χ0) is 15.6. The lowest BCUT2D eigenvalue weighted by Gasteiger charge is -2.14. The van der Waals surface area contributed by atoms with Crippen LogP contribution in [-0.2, 0) is 4.79 Å². The van der Waals surface area contributed by atoms with Gasteiger partial charge in [-0.2, -0.15) is 0 Å². The third kappa shape index (κ3) is 3.48. The summed E-state index contributed by atoms with van der Waals surface area (Å²) in [5, 5.41) is 11.4. The number of nitrogens with one attached hydrogen (secondary N) is 2. The minimum absolute atomic E-state index is 0.109. The number of aromatic nitrogens is 2. The fourth-order valence-electron chi connectivity index (χ4n) is 2.20. The van der Waals surface area contributed by atoms with E-state index in [-0.39, 0.29) is 11.5 Å². The van der Waals surface area contributed by atoms with E-state index >= 15 is 0 Å². The molecule has 114 valence electrons. The van der Waals surface area contributed by atoms with Gasteiger partial charge in [0.1, 0.15) is 17.4 Å². The van der Waals surface area contributed by atoms with Crippen molar-refractivity contribution < 1.29 is 14.7 Å². The normalized spacial score (nSPS) is 15.5. The summed E-state index contributed by atoms with van der Waals surface area (Å²) in [5.41, 5.74) is -0.289. The lowest BCUT2D eigenvalue weighted by atomic mass is 10.1. The minimum Gasteiger partial charge on any atom is -0.480 e. The second-order valence-electron chi connectivity index (χ2n) is 5.34. The summed E-state index contributed by atoms with van der Waals surface area (Å²) in [6, 6.07) is -0.996. The second-order valence-corrected chi connectivity index (χ2v) is 5.34. The van der Waals surface area contributed by atoms with Crippen molar-refractivity contribution in [2.45, 2.75) is 51.5 Å². The van der Waals surface area contributed by atoms with E-state index in [0.717, 1.165) is 12.8 Å². The van der Waals surface area contributed by atoms with E-state index in [1.807, 2.05) is 6.92 Å². The van der Waals surface area contributed by atoms with E-state index in [2.05, 4.69) is 15.3 Å². The highest BCUT2D eigenvalue weighted by atomic mass is 16.4. The molecule has 1 heterocycles. The summed E-state index contributed by atoms with van der Waals surface area (Å²) >= 11 is 0. The standard InChI is InChI=1S/C14H19N3O4/c1-3-4-9(14(20)21)16-12(18)10-7(2)15-11(8-5-6-8)17-13(10)19/h8-9H,3-6H2,1-2H3,(H,16,18)(H,20,21)(H,15,17,19)/t9-/m0/s1. The number of carbonyl (C=O) groups is 2. The zero-order valence-corrected chi connectivity index (χ0v) is 12.1. The summed E-state index contributed by atoms with van der Waals surface area (Å²) in [6.45, 7) is 3.41. The largest absolute Gasteiger partial charge is 0.480 e. The van der Waals surface area contributed by atoms with Gasteiger partial charge in [-0.05, 0) is 26.2 Å². The van der Waals surface area contributed by atoms with Crippen LogP contribution in [0.25, 0.3) is 0 Å². The second kappa shape index (κ2) is 6.07. The number of nitrogens with zero attached hydrogens (tertiary/aromatic N) is 1. The maximum Gasteiger partial charge on any atom is 0.326 e. The van der Waals surface area contributed by atoms with Crippen molar-refractivity contribution in [3.63, 3.8) is 0 Å². The number of aliphatic carboxylic acids is 1. The molecule has 0 saturated heterocycles. The number of H-pyrrole nitrogens is 1. The van der Waals surface area contributed by atoms with Crippen LogP contribution in [-0.4, -0.2) is 33.0 Å². The van der Waals surface area contributed by atoms with Gasteiger partial charge in [-0.15, -0.1) is 0 Å². The van der Waals surface area contributed by atoms with Gasteiger partial charge in [-0.3, -0.25) is 9.59 Å². The molecule has 0 bridgehead atoms. The fraction of sp³-hybridized carbons (Fsp3) is 0.571. The Labute approximate surface area is 121 Å². The highest BCUT2D eigenvalue weighted by Crippen LogP contribution is 2.37. The Hall–Kier alpha value is -2.18. The predicted molar refractivity (Wildman–Crippen MR) is 75.4 cm³/mol. The Bertz CT molecular complexity index is 619. The van der Waals surface area contributed by atoms with Crippen molar-refractivity contribution in [1.82, 2.24) is 15.3 Å². The number of carbonyl (C=O) groups excluding carboxylic acids is 1. The molecule has 0 unspecified atom stereocenters. The molecule has 1 aromatic rings. The molecule has 1 amide bonds. The summed E-state index contributed by atoms with van der Waals surface area (Å²) in [7, 11) is 0. The lowest BCUT2D eigenvalue weighted by molar-refractivity contribution is -0.139. The molecule has 21 heavy (non-hydrogen) atoms. The molecule has 2 rings (SSSR count). The van der Waals surface area contributed by atoms with E-state index in [1.54, 1.807) is 6.92 Å². The Morgan fingerprint density at radius 1 is 1.48 bits per heavy atom. The van der Waals surface area contributed by atoms with Crippen LogP contribution in [0.1, 0.15) is 60.4 Å². The van der Waals surface area contributed by atoms with Crippen LogP contribution in [0.5, 0.6) is 0 Å². The van der Waals surface area contributed by atoms with Crippen LogP contribution < -0.4 is 10.9 Å². The van der Waals surface area contributed by atoms with Gasteiger partial charge in [0.05, 0.1) is 5.69 Å². The Morgan fingerprint density at radius 2 is 2.14 bits per heavy atom. The molecule has 3 N–H and O–H groups in total. The summed E-state index contributed by atoms with van der Waals surface area (Å²) in [5.74, 6) is -0.913. The average Bonchev–Trinajstić information content (AvgIpc) is 3.21. The van der Waals surface area contributed by atoms with Gasteiger partial charge < -0.3 is 15.4 Å². The van der Waals surface area contributed by atoms with Crippen molar-refractivity contribution in [3.8, 4) is 0 Å². The first-order valence-corrected chi connectivity index (χ1v) is 7.08. The summed E-state index contributed by atoms with van der Waals surface area (Å²) in [4.78, 5) is 42.1. The van der Waals surface area contributed by atoms with Crippen LogP contribution in [0.2, 0.25) is 0 Å². The number of hydrogen-bond donors (Lipinski definition) is 3. The van der Waals surface area contributed by atoms with E-state index < -0.39 is 23.5 Å². The maximum absolute atomic E-state index is 12.1. The van der Waals surface area contributed by atoms with Crippen LogP contribution in [0.15, 0.2) is 4.79 Å². The molecule has 1 fully saturated rings. The van der Waals surface area contributed by atoms with Crippen molar-refractivity contribution >= 4 is 11.9 Å². The number of aryl methyl sites for hydroxylation is 1. The molecule has 0 spiro atoms. The highest BCUT2D eigenvalue weighted by molar-refractivity contribution is 5.97. The molecular formula is C14H19N3O4. The van der Waals surface area contributed by atoms with Gasteiger partial charge in [0.15, 0.2) is 0 Å². The van der Waals surface area contributed by atoms with Gasteiger partial charge >= 0.3 is 5.97 Å². The van der Waals surface area contributed by atoms with E-state index in [0.29, 0.717) is 24.4 Å². The molecule has 0 radical (unpaired) electrons. The molecular weight excluding hydrogens is 274 g/mol. The molecule has 1 saturated carbocycles. The van der Waals surface area contributed by atoms with Gasteiger partial charge in [-0.25, -0.2) is 9.78 Å². The van der Waals surface area contributed by atoms with E-state index in [9.17, 15) is 14.4 Å². The van der Waals surface area contributed by atoms with E-state index in [1.165, 1.54) is 0 Å². The predicted octanol–water partition coefficient (Wildman–Crippen LogP) is 0.939. The molecule has 1 aliphatic rings.